The van der Waals surface area contributed by atoms with Crippen LogP contribution in [0.2, 0.25) is 0 Å². The molecule has 0 unspecified atom stereocenters. The minimum absolute atomic E-state index is 0.0277. The SMILES string of the molecule is CC(C)(C)OC(=O)N1CCc2cc(N3CCCC3=O)c(F)cc2C1. The van der Waals surface area contributed by atoms with Gasteiger partial charge in [-0.05, 0) is 56.9 Å². The largest absolute Gasteiger partial charge is 0.444 e. The maximum absolute atomic E-state index is 14.5. The zero-order valence-electron chi connectivity index (χ0n) is 14.4. The Balaban J connectivity index is 1.80. The van der Waals surface area contributed by atoms with Crippen molar-refractivity contribution < 1.29 is 18.7 Å². The van der Waals surface area contributed by atoms with E-state index in [0.29, 0.717) is 38.2 Å². The predicted octanol–water partition coefficient (Wildman–Crippen LogP) is 3.25. The average Bonchev–Trinajstić information content (AvgIpc) is 2.90. The maximum Gasteiger partial charge on any atom is 0.410 e. The molecular formula is C18H23FN2O3. The van der Waals surface area contributed by atoms with Gasteiger partial charge in [0.25, 0.3) is 0 Å². The van der Waals surface area contributed by atoms with Crippen molar-refractivity contribution in [1.82, 2.24) is 4.90 Å². The summed E-state index contributed by atoms with van der Waals surface area (Å²) in [5, 5.41) is 0. The molecule has 1 fully saturated rings. The van der Waals surface area contributed by atoms with Crippen molar-refractivity contribution in [3.63, 3.8) is 0 Å². The van der Waals surface area contributed by atoms with Gasteiger partial charge in [-0.3, -0.25) is 4.79 Å². The highest BCUT2D eigenvalue weighted by Crippen LogP contribution is 2.30. The molecule has 1 aromatic carbocycles. The second kappa shape index (κ2) is 6.07. The third-order valence-electron chi connectivity index (χ3n) is 4.30. The number of fused-ring (bicyclic) bond motifs is 1. The van der Waals surface area contributed by atoms with Gasteiger partial charge in [0, 0.05) is 26.1 Å². The van der Waals surface area contributed by atoms with E-state index in [4.69, 9.17) is 4.74 Å². The molecule has 0 aliphatic carbocycles. The maximum atomic E-state index is 14.5. The second-order valence-electron chi connectivity index (χ2n) is 7.37. The minimum Gasteiger partial charge on any atom is -0.444 e. The minimum atomic E-state index is -0.553. The van der Waals surface area contributed by atoms with E-state index in [1.807, 2.05) is 20.8 Å². The van der Waals surface area contributed by atoms with Crippen LogP contribution in [0.1, 0.15) is 44.7 Å². The fraction of sp³-hybridized carbons (Fsp3) is 0.556. The van der Waals surface area contributed by atoms with Crippen LogP contribution >= 0.6 is 0 Å². The van der Waals surface area contributed by atoms with Crippen LogP contribution in [-0.2, 0) is 22.5 Å². The molecular weight excluding hydrogens is 311 g/mol. The van der Waals surface area contributed by atoms with E-state index < -0.39 is 11.4 Å². The monoisotopic (exact) mass is 334 g/mol. The van der Waals surface area contributed by atoms with Gasteiger partial charge >= 0.3 is 6.09 Å². The summed E-state index contributed by atoms with van der Waals surface area (Å²) in [6, 6.07) is 3.22. The summed E-state index contributed by atoms with van der Waals surface area (Å²) in [6.07, 6.45) is 1.49. The fourth-order valence-corrected chi connectivity index (χ4v) is 3.16. The number of amides is 2. The Hall–Kier alpha value is -2.11. The molecule has 2 aliphatic rings. The van der Waals surface area contributed by atoms with Crippen LogP contribution in [0.15, 0.2) is 12.1 Å². The van der Waals surface area contributed by atoms with E-state index in [9.17, 15) is 14.0 Å². The number of nitrogens with zero attached hydrogens (tertiary/aromatic N) is 2. The zero-order chi connectivity index (χ0) is 17.5. The summed E-state index contributed by atoms with van der Waals surface area (Å²) in [7, 11) is 0. The lowest BCUT2D eigenvalue weighted by atomic mass is 9.98. The van der Waals surface area contributed by atoms with Gasteiger partial charge in [0.1, 0.15) is 11.4 Å². The first-order valence-corrected chi connectivity index (χ1v) is 8.34. The molecule has 1 aromatic rings. The van der Waals surface area contributed by atoms with Gasteiger partial charge in [0.05, 0.1) is 5.69 Å². The predicted molar refractivity (Wildman–Crippen MR) is 88.3 cm³/mol. The molecule has 2 amide bonds. The van der Waals surface area contributed by atoms with Crippen molar-refractivity contribution in [2.45, 2.75) is 52.2 Å². The lowest BCUT2D eigenvalue weighted by Crippen LogP contribution is -2.40. The number of halogens is 1. The molecule has 0 atom stereocenters. The summed E-state index contributed by atoms with van der Waals surface area (Å²) in [5.41, 5.74) is 1.58. The van der Waals surface area contributed by atoms with Gasteiger partial charge in [0.15, 0.2) is 0 Å². The molecule has 0 radical (unpaired) electrons. The quantitative estimate of drug-likeness (QED) is 0.792. The Morgan fingerprint density at radius 3 is 2.54 bits per heavy atom. The Kier molecular flexibility index (Phi) is 4.24. The number of benzene rings is 1. The number of anilines is 1. The Morgan fingerprint density at radius 2 is 1.92 bits per heavy atom. The Labute approximate surface area is 141 Å². The van der Waals surface area contributed by atoms with E-state index in [1.165, 1.54) is 11.0 Å². The van der Waals surface area contributed by atoms with Crippen LogP contribution in [0.4, 0.5) is 14.9 Å². The standard InChI is InChI=1S/C18H23FN2O3/c1-18(2,3)24-17(23)20-8-6-12-10-15(14(19)9-13(12)11-20)21-7-4-5-16(21)22/h9-10H,4-8,11H2,1-3H3. The lowest BCUT2D eigenvalue weighted by Gasteiger charge is -2.32. The van der Waals surface area contributed by atoms with Crippen molar-refractivity contribution in [2.24, 2.45) is 0 Å². The van der Waals surface area contributed by atoms with E-state index >= 15 is 0 Å². The first-order chi connectivity index (χ1) is 11.2. The molecule has 0 bridgehead atoms. The van der Waals surface area contributed by atoms with Gasteiger partial charge in [0.2, 0.25) is 5.91 Å². The van der Waals surface area contributed by atoms with Crippen molar-refractivity contribution in [1.29, 1.82) is 0 Å². The molecule has 2 aliphatic heterocycles. The fourth-order valence-electron chi connectivity index (χ4n) is 3.16. The van der Waals surface area contributed by atoms with E-state index in [0.717, 1.165) is 17.5 Å². The summed E-state index contributed by atoms with van der Waals surface area (Å²) in [6.45, 7) is 6.89. The first kappa shape index (κ1) is 16.7. The summed E-state index contributed by atoms with van der Waals surface area (Å²) < 4.78 is 19.9. The van der Waals surface area contributed by atoms with Gasteiger partial charge in [-0.15, -0.1) is 0 Å². The van der Waals surface area contributed by atoms with Crippen molar-refractivity contribution in [3.05, 3.63) is 29.1 Å². The van der Waals surface area contributed by atoms with E-state index in [-0.39, 0.29) is 12.0 Å². The number of hydrogen-bond donors (Lipinski definition) is 0. The van der Waals surface area contributed by atoms with Crippen LogP contribution in [-0.4, -0.2) is 35.6 Å². The topological polar surface area (TPSA) is 49.9 Å². The normalized spacial score (nSPS) is 17.9. The van der Waals surface area contributed by atoms with Crippen molar-refractivity contribution in [2.75, 3.05) is 18.0 Å². The molecule has 130 valence electrons. The third kappa shape index (κ3) is 3.37. The zero-order valence-corrected chi connectivity index (χ0v) is 14.4. The highest BCUT2D eigenvalue weighted by atomic mass is 19.1. The molecule has 0 N–H and O–H groups in total. The lowest BCUT2D eigenvalue weighted by molar-refractivity contribution is -0.117. The first-order valence-electron chi connectivity index (χ1n) is 8.34. The molecule has 24 heavy (non-hydrogen) atoms. The van der Waals surface area contributed by atoms with Gasteiger partial charge in [-0.1, -0.05) is 0 Å². The van der Waals surface area contributed by atoms with Gasteiger partial charge in [-0.25, -0.2) is 9.18 Å². The van der Waals surface area contributed by atoms with Crippen LogP contribution in [0.25, 0.3) is 0 Å². The number of hydrogen-bond acceptors (Lipinski definition) is 3. The molecule has 0 spiro atoms. The van der Waals surface area contributed by atoms with Gasteiger partial charge in [-0.2, -0.15) is 0 Å². The molecule has 0 aromatic heterocycles. The molecule has 3 rings (SSSR count). The van der Waals surface area contributed by atoms with E-state index in [1.54, 1.807) is 11.0 Å². The third-order valence-corrected chi connectivity index (χ3v) is 4.30. The molecule has 6 heteroatoms. The molecule has 2 heterocycles. The van der Waals surface area contributed by atoms with Crippen molar-refractivity contribution in [3.8, 4) is 0 Å². The highest BCUT2D eigenvalue weighted by molar-refractivity contribution is 5.95. The van der Waals surface area contributed by atoms with E-state index in [2.05, 4.69) is 0 Å². The Bertz CT molecular complexity index is 682. The molecule has 5 nitrogen and oxygen atoms in total. The smallest absolute Gasteiger partial charge is 0.410 e. The second-order valence-corrected chi connectivity index (χ2v) is 7.37. The number of carbonyl (C=O) groups is 2. The number of rotatable bonds is 1. The highest BCUT2D eigenvalue weighted by Gasteiger charge is 2.29. The molecule has 0 saturated carbocycles. The van der Waals surface area contributed by atoms with Crippen molar-refractivity contribution >= 4 is 17.7 Å². The number of ether oxygens (including phenoxy) is 1. The van der Waals surface area contributed by atoms with Crippen LogP contribution in [0.5, 0.6) is 0 Å². The number of carbonyl (C=O) groups excluding carboxylic acids is 2. The van der Waals surface area contributed by atoms with Crippen LogP contribution in [0, 0.1) is 5.82 Å². The van der Waals surface area contributed by atoms with Crippen LogP contribution in [0.3, 0.4) is 0 Å². The Morgan fingerprint density at radius 1 is 1.17 bits per heavy atom. The average molecular weight is 334 g/mol. The van der Waals surface area contributed by atoms with Gasteiger partial charge < -0.3 is 14.5 Å². The molecule has 1 saturated heterocycles. The summed E-state index contributed by atoms with van der Waals surface area (Å²) >= 11 is 0. The summed E-state index contributed by atoms with van der Waals surface area (Å²) in [5.74, 6) is -0.435. The summed E-state index contributed by atoms with van der Waals surface area (Å²) in [4.78, 5) is 27.2. The van der Waals surface area contributed by atoms with Crippen LogP contribution < -0.4 is 4.90 Å².